The van der Waals surface area contributed by atoms with Crippen LogP contribution in [-0.2, 0) is 6.42 Å². The molecule has 0 bridgehead atoms. The molecule has 2 saturated carbocycles. The third-order valence-electron chi connectivity index (χ3n) is 7.15. The maximum atomic E-state index is 10.4. The second-order valence-electron chi connectivity index (χ2n) is 9.65. The third kappa shape index (κ3) is 8.91. The van der Waals surface area contributed by atoms with E-state index >= 15 is 0 Å². The van der Waals surface area contributed by atoms with Crippen molar-refractivity contribution in [2.24, 2.45) is 11.3 Å². The topological polar surface area (TPSA) is 37.3 Å². The molecule has 172 valence electrons. The van der Waals surface area contributed by atoms with E-state index in [1.165, 1.54) is 101 Å². The van der Waals surface area contributed by atoms with Crippen LogP contribution in [0.5, 0.6) is 0 Å². The largest absolute Gasteiger partial charge is 0.477 e. The molecule has 0 amide bonds. The third-order valence-corrected chi connectivity index (χ3v) is 8.68. The summed E-state index contributed by atoms with van der Waals surface area (Å²) in [5.41, 5.74) is 0.734. The van der Waals surface area contributed by atoms with E-state index in [1.807, 2.05) is 6.07 Å². The van der Waals surface area contributed by atoms with E-state index < -0.39 is 5.97 Å². The maximum Gasteiger partial charge on any atom is 0.345 e. The van der Waals surface area contributed by atoms with Crippen molar-refractivity contribution in [2.75, 3.05) is 0 Å². The van der Waals surface area contributed by atoms with Crippen molar-refractivity contribution in [3.8, 4) is 0 Å². The zero-order valence-electron chi connectivity index (χ0n) is 19.3. The molecule has 2 aliphatic rings. The fourth-order valence-corrected chi connectivity index (χ4v) is 6.66. The fourth-order valence-electron chi connectivity index (χ4n) is 5.34. The molecule has 1 unspecified atom stereocenters. The second kappa shape index (κ2) is 13.8. The van der Waals surface area contributed by atoms with Gasteiger partial charge in [0.25, 0.3) is 0 Å². The number of carboxylic acids is 1. The molecule has 0 spiro atoms. The Hall–Kier alpha value is -0.540. The highest BCUT2D eigenvalue weighted by molar-refractivity contribution is 7.13. The van der Waals surface area contributed by atoms with Crippen molar-refractivity contribution in [3.63, 3.8) is 0 Å². The van der Waals surface area contributed by atoms with Gasteiger partial charge in [0.1, 0.15) is 4.88 Å². The highest BCUT2D eigenvalue weighted by atomic mass is 35.5. The van der Waals surface area contributed by atoms with Gasteiger partial charge in [-0.15, -0.1) is 22.9 Å². The van der Waals surface area contributed by atoms with Gasteiger partial charge in [0.05, 0.1) is 0 Å². The molecular weight excluding hydrogens is 412 g/mol. The van der Waals surface area contributed by atoms with Crippen molar-refractivity contribution in [3.05, 3.63) is 21.9 Å². The lowest BCUT2D eigenvalue weighted by Gasteiger charge is -2.38. The lowest BCUT2D eigenvalue weighted by atomic mass is 9.67. The quantitative estimate of drug-likeness (QED) is 0.282. The van der Waals surface area contributed by atoms with Gasteiger partial charge < -0.3 is 5.11 Å². The number of alkyl halides is 1. The van der Waals surface area contributed by atoms with E-state index in [-0.39, 0.29) is 0 Å². The summed E-state index contributed by atoms with van der Waals surface area (Å²) in [7, 11) is 0. The number of thiophene rings is 1. The molecule has 3 rings (SSSR count). The van der Waals surface area contributed by atoms with Crippen molar-refractivity contribution in [1.82, 2.24) is 0 Å². The summed E-state index contributed by atoms with van der Waals surface area (Å²) < 4.78 is 0. The Morgan fingerprint density at radius 3 is 2.43 bits per heavy atom. The normalized spacial score (nSPS) is 23.0. The highest BCUT2D eigenvalue weighted by Crippen LogP contribution is 2.46. The average Bonchev–Trinajstić information content (AvgIpc) is 3.37. The Balaban J connectivity index is 0.000000248. The zero-order chi connectivity index (χ0) is 21.8. The van der Waals surface area contributed by atoms with Crippen LogP contribution in [0.15, 0.2) is 12.1 Å². The Labute approximate surface area is 193 Å². The summed E-state index contributed by atoms with van der Waals surface area (Å²) in [6.45, 7) is 4.41. The number of aromatic carboxylic acids is 1. The van der Waals surface area contributed by atoms with Gasteiger partial charge in [-0.05, 0) is 81.3 Å². The molecule has 2 fully saturated rings. The molecule has 30 heavy (non-hydrogen) atoms. The number of unbranched alkanes of at least 4 members (excludes halogenated alkanes) is 2. The number of halogens is 1. The molecule has 4 heteroatoms. The van der Waals surface area contributed by atoms with Crippen molar-refractivity contribution in [1.29, 1.82) is 0 Å². The van der Waals surface area contributed by atoms with Gasteiger partial charge in [-0.1, -0.05) is 58.8 Å². The molecule has 1 aromatic rings. The molecule has 0 saturated heterocycles. The molecule has 2 nitrogen and oxygen atoms in total. The van der Waals surface area contributed by atoms with Crippen LogP contribution < -0.4 is 0 Å². The molecule has 0 radical (unpaired) electrons. The van der Waals surface area contributed by atoms with Gasteiger partial charge in [-0.25, -0.2) is 4.79 Å². The Morgan fingerprint density at radius 1 is 1.10 bits per heavy atom. The molecule has 0 aliphatic heterocycles. The minimum atomic E-state index is -0.822. The number of aryl methyl sites for hydroxylation is 1. The van der Waals surface area contributed by atoms with Gasteiger partial charge in [0.15, 0.2) is 0 Å². The first-order chi connectivity index (χ1) is 14.5. The minimum Gasteiger partial charge on any atom is -0.477 e. The Bertz CT molecular complexity index is 606. The summed E-state index contributed by atoms with van der Waals surface area (Å²) in [5, 5.41) is 9.07. The molecular formula is C26H43ClO2S. The van der Waals surface area contributed by atoms with Crippen molar-refractivity contribution < 1.29 is 9.90 Å². The minimum absolute atomic E-state index is 0.438. The Morgan fingerprint density at radius 2 is 1.87 bits per heavy atom. The lowest BCUT2D eigenvalue weighted by molar-refractivity contribution is 0.0702. The van der Waals surface area contributed by atoms with Gasteiger partial charge in [0.2, 0.25) is 0 Å². The van der Waals surface area contributed by atoms with Crippen LogP contribution in [0.4, 0.5) is 0 Å². The summed E-state index contributed by atoms with van der Waals surface area (Å²) in [5.74, 6) is 0.129. The van der Waals surface area contributed by atoms with Crippen LogP contribution in [-0.4, -0.2) is 16.5 Å². The SMILES string of the molecule is CCCCCC1(CC[C@H]2CCC(Cl)C2)CCCCC1.CCCc1ccc(C(=O)O)s1. The van der Waals surface area contributed by atoms with E-state index in [0.29, 0.717) is 10.3 Å². The van der Waals surface area contributed by atoms with Crippen LogP contribution in [0, 0.1) is 11.3 Å². The van der Waals surface area contributed by atoms with Gasteiger partial charge in [-0.2, -0.15) is 0 Å². The molecule has 0 aromatic carbocycles. The standard InChI is InChI=1S/C18H33Cl.C8H10O2S/c1-2-3-5-11-18(12-6-4-7-13-18)14-10-16-8-9-17(19)15-16;1-2-3-6-4-5-7(11-6)8(9)10/h16-17H,2-15H2,1H3;4-5H,2-3H2,1H3,(H,9,10)/t16-,17?;/m1./s1. The van der Waals surface area contributed by atoms with Crippen molar-refractivity contribution in [2.45, 2.75) is 122 Å². The molecule has 2 aliphatic carbocycles. The van der Waals surface area contributed by atoms with E-state index in [9.17, 15) is 4.79 Å². The monoisotopic (exact) mass is 454 g/mol. The summed E-state index contributed by atoms with van der Waals surface area (Å²) >= 11 is 7.63. The van der Waals surface area contributed by atoms with Gasteiger partial charge in [0, 0.05) is 10.3 Å². The van der Waals surface area contributed by atoms with Gasteiger partial charge >= 0.3 is 5.97 Å². The van der Waals surface area contributed by atoms with Crippen molar-refractivity contribution >= 4 is 28.9 Å². The predicted molar refractivity (Wildman–Crippen MR) is 131 cm³/mol. The zero-order valence-corrected chi connectivity index (χ0v) is 20.8. The van der Waals surface area contributed by atoms with E-state index in [2.05, 4.69) is 13.8 Å². The summed E-state index contributed by atoms with van der Waals surface area (Å²) in [6.07, 6.45) is 22.3. The fraction of sp³-hybridized carbons (Fsp3) is 0.808. The number of rotatable bonds is 10. The van der Waals surface area contributed by atoms with Crippen LogP contribution in [0.25, 0.3) is 0 Å². The van der Waals surface area contributed by atoms with Crippen LogP contribution >= 0.6 is 22.9 Å². The van der Waals surface area contributed by atoms with Crippen LogP contribution in [0.1, 0.15) is 125 Å². The highest BCUT2D eigenvalue weighted by Gasteiger charge is 2.33. The second-order valence-corrected chi connectivity index (χ2v) is 11.4. The number of carboxylic acid groups (broad SMARTS) is 1. The van der Waals surface area contributed by atoms with Crippen LogP contribution in [0.3, 0.4) is 0 Å². The summed E-state index contributed by atoms with van der Waals surface area (Å²) in [4.78, 5) is 12.0. The average molecular weight is 455 g/mol. The first-order valence-corrected chi connectivity index (χ1v) is 13.7. The van der Waals surface area contributed by atoms with E-state index in [1.54, 1.807) is 6.07 Å². The van der Waals surface area contributed by atoms with E-state index in [0.717, 1.165) is 29.1 Å². The van der Waals surface area contributed by atoms with E-state index in [4.69, 9.17) is 16.7 Å². The van der Waals surface area contributed by atoms with Crippen LogP contribution in [0.2, 0.25) is 0 Å². The number of hydrogen-bond acceptors (Lipinski definition) is 2. The molecule has 2 atom stereocenters. The first-order valence-electron chi connectivity index (χ1n) is 12.4. The maximum absolute atomic E-state index is 10.4. The smallest absolute Gasteiger partial charge is 0.345 e. The number of carbonyl (C=O) groups is 1. The molecule has 1 heterocycles. The van der Waals surface area contributed by atoms with Gasteiger partial charge in [-0.3, -0.25) is 0 Å². The lowest BCUT2D eigenvalue weighted by Crippen LogP contribution is -2.25. The first kappa shape index (κ1) is 25.7. The summed E-state index contributed by atoms with van der Waals surface area (Å²) in [6, 6.07) is 3.55. The Kier molecular flexibility index (Phi) is 11.8. The predicted octanol–water partition coefficient (Wildman–Crippen LogP) is 9.10. The molecule has 1 aromatic heterocycles. The number of hydrogen-bond donors (Lipinski definition) is 1. The molecule has 1 N–H and O–H groups in total.